The number of benzene rings is 2. The summed E-state index contributed by atoms with van der Waals surface area (Å²) >= 11 is 0. The van der Waals surface area contributed by atoms with Crippen molar-refractivity contribution in [2.45, 2.75) is 20.0 Å². The molecule has 5 nitrogen and oxygen atoms in total. The zero-order chi connectivity index (χ0) is 18.5. The molecule has 0 spiro atoms. The maximum Gasteiger partial charge on any atom is 0.252 e. The van der Waals surface area contributed by atoms with Crippen molar-refractivity contribution in [1.29, 1.82) is 0 Å². The molecule has 2 aromatic rings. The smallest absolute Gasteiger partial charge is 0.252 e. The molecule has 3 rings (SSSR count). The van der Waals surface area contributed by atoms with Crippen LogP contribution in [0.2, 0.25) is 0 Å². The van der Waals surface area contributed by atoms with Gasteiger partial charge in [-0.3, -0.25) is 9.59 Å². The van der Waals surface area contributed by atoms with Crippen molar-refractivity contribution in [2.24, 2.45) is 0 Å². The first kappa shape index (κ1) is 18.3. The molecule has 1 aliphatic heterocycles. The Hall–Kier alpha value is -2.50. The highest BCUT2D eigenvalue weighted by Gasteiger charge is 2.21. The SMILES string of the molecule is Cc1ccc(C)c(C(=O)c2ccccc2C(=O)NCC2COCCO2)c1. The van der Waals surface area contributed by atoms with Gasteiger partial charge in [-0.1, -0.05) is 35.9 Å². The molecule has 1 saturated heterocycles. The Kier molecular flexibility index (Phi) is 5.81. The van der Waals surface area contributed by atoms with E-state index in [2.05, 4.69) is 5.32 Å². The molecule has 0 aromatic heterocycles. The molecule has 1 amide bonds. The number of ketones is 1. The van der Waals surface area contributed by atoms with Crippen LogP contribution < -0.4 is 5.32 Å². The molecule has 5 heteroatoms. The standard InChI is InChI=1S/C21H23NO4/c1-14-7-8-15(2)19(11-14)20(23)17-5-3-4-6-18(17)21(24)22-12-16-13-25-9-10-26-16/h3-8,11,16H,9-10,12-13H2,1-2H3,(H,22,24). The second-order valence-electron chi connectivity index (χ2n) is 6.47. The van der Waals surface area contributed by atoms with Gasteiger partial charge < -0.3 is 14.8 Å². The lowest BCUT2D eigenvalue weighted by molar-refractivity contribution is -0.0855. The lowest BCUT2D eigenvalue weighted by atomic mass is 9.94. The molecule has 1 aliphatic rings. The second-order valence-corrected chi connectivity index (χ2v) is 6.47. The van der Waals surface area contributed by atoms with Crippen molar-refractivity contribution in [3.8, 4) is 0 Å². The number of carbonyl (C=O) groups is 2. The van der Waals surface area contributed by atoms with E-state index in [0.29, 0.717) is 43.1 Å². The monoisotopic (exact) mass is 353 g/mol. The second kappa shape index (κ2) is 8.25. The molecule has 136 valence electrons. The predicted molar refractivity (Wildman–Crippen MR) is 98.7 cm³/mol. The number of ether oxygens (including phenoxy) is 2. The van der Waals surface area contributed by atoms with Crippen molar-refractivity contribution in [2.75, 3.05) is 26.4 Å². The minimum atomic E-state index is -0.284. The van der Waals surface area contributed by atoms with Gasteiger partial charge in [-0.25, -0.2) is 0 Å². The first-order chi connectivity index (χ1) is 12.6. The van der Waals surface area contributed by atoms with Gasteiger partial charge >= 0.3 is 0 Å². The quantitative estimate of drug-likeness (QED) is 0.840. The summed E-state index contributed by atoms with van der Waals surface area (Å²) < 4.78 is 10.9. The van der Waals surface area contributed by atoms with Crippen LogP contribution in [0.25, 0.3) is 0 Å². The van der Waals surface area contributed by atoms with Crippen molar-refractivity contribution < 1.29 is 19.1 Å². The van der Waals surface area contributed by atoms with E-state index in [-0.39, 0.29) is 17.8 Å². The van der Waals surface area contributed by atoms with E-state index in [1.54, 1.807) is 24.3 Å². The summed E-state index contributed by atoms with van der Waals surface area (Å²) in [4.78, 5) is 25.7. The van der Waals surface area contributed by atoms with Gasteiger partial charge in [-0.2, -0.15) is 0 Å². The number of carbonyl (C=O) groups excluding carboxylic acids is 2. The molecule has 1 N–H and O–H groups in total. The molecule has 1 heterocycles. The van der Waals surface area contributed by atoms with E-state index in [4.69, 9.17) is 9.47 Å². The molecular weight excluding hydrogens is 330 g/mol. The van der Waals surface area contributed by atoms with Crippen LogP contribution in [0.4, 0.5) is 0 Å². The van der Waals surface area contributed by atoms with Crippen molar-refractivity contribution >= 4 is 11.7 Å². The van der Waals surface area contributed by atoms with Gasteiger partial charge in [0.2, 0.25) is 0 Å². The van der Waals surface area contributed by atoms with E-state index in [1.165, 1.54) is 0 Å². The van der Waals surface area contributed by atoms with Crippen molar-refractivity contribution in [1.82, 2.24) is 5.32 Å². The number of rotatable bonds is 5. The Balaban J connectivity index is 1.80. The molecule has 0 bridgehead atoms. The third kappa shape index (κ3) is 4.18. The summed E-state index contributed by atoms with van der Waals surface area (Å²) in [5.41, 5.74) is 3.29. The van der Waals surface area contributed by atoms with Gasteiger partial charge in [0.1, 0.15) is 0 Å². The molecular formula is C21H23NO4. The zero-order valence-electron chi connectivity index (χ0n) is 15.1. The largest absolute Gasteiger partial charge is 0.376 e. The Morgan fingerprint density at radius 2 is 1.81 bits per heavy atom. The molecule has 0 aliphatic carbocycles. The van der Waals surface area contributed by atoms with Gasteiger partial charge in [0.25, 0.3) is 5.91 Å². The van der Waals surface area contributed by atoms with Crippen LogP contribution in [-0.4, -0.2) is 44.2 Å². The Morgan fingerprint density at radius 3 is 2.54 bits per heavy atom. The number of nitrogens with one attached hydrogen (secondary N) is 1. The van der Waals surface area contributed by atoms with Gasteiger partial charge in [0.05, 0.1) is 31.5 Å². The molecule has 1 unspecified atom stereocenters. The number of hydrogen-bond donors (Lipinski definition) is 1. The van der Waals surface area contributed by atoms with Crippen LogP contribution in [0.3, 0.4) is 0 Å². The fraction of sp³-hybridized carbons (Fsp3) is 0.333. The summed E-state index contributed by atoms with van der Waals surface area (Å²) in [6.45, 7) is 5.77. The fourth-order valence-corrected chi connectivity index (χ4v) is 2.96. The maximum absolute atomic E-state index is 13.0. The van der Waals surface area contributed by atoms with E-state index in [0.717, 1.165) is 11.1 Å². The Morgan fingerprint density at radius 1 is 1.04 bits per heavy atom. The van der Waals surface area contributed by atoms with Crippen LogP contribution in [0, 0.1) is 13.8 Å². The first-order valence-corrected chi connectivity index (χ1v) is 8.75. The van der Waals surface area contributed by atoms with Gasteiger partial charge in [0, 0.05) is 17.7 Å². The maximum atomic E-state index is 13.0. The highest BCUT2D eigenvalue weighted by Crippen LogP contribution is 2.19. The highest BCUT2D eigenvalue weighted by atomic mass is 16.6. The molecule has 1 atom stereocenters. The number of amides is 1. The highest BCUT2D eigenvalue weighted by molar-refractivity contribution is 6.15. The molecule has 26 heavy (non-hydrogen) atoms. The summed E-state index contributed by atoms with van der Waals surface area (Å²) in [5, 5.41) is 2.85. The van der Waals surface area contributed by atoms with Gasteiger partial charge in [-0.15, -0.1) is 0 Å². The fourth-order valence-electron chi connectivity index (χ4n) is 2.96. The Labute approximate surface area is 153 Å². The molecule has 2 aromatic carbocycles. The minimum Gasteiger partial charge on any atom is -0.376 e. The molecule has 1 fully saturated rings. The zero-order valence-corrected chi connectivity index (χ0v) is 15.1. The topological polar surface area (TPSA) is 64.6 Å². The van der Waals surface area contributed by atoms with E-state index in [9.17, 15) is 9.59 Å². The lowest BCUT2D eigenvalue weighted by Gasteiger charge is -2.23. The molecule has 0 radical (unpaired) electrons. The third-order valence-corrected chi connectivity index (χ3v) is 4.43. The predicted octanol–water partition coefficient (Wildman–Crippen LogP) is 2.68. The summed E-state index contributed by atoms with van der Waals surface area (Å²) in [6, 6.07) is 12.6. The molecule has 0 saturated carbocycles. The van der Waals surface area contributed by atoms with Crippen LogP contribution in [0.1, 0.15) is 37.4 Å². The van der Waals surface area contributed by atoms with Gasteiger partial charge in [0.15, 0.2) is 5.78 Å². The van der Waals surface area contributed by atoms with Gasteiger partial charge in [-0.05, 0) is 31.5 Å². The normalized spacial score (nSPS) is 16.9. The van der Waals surface area contributed by atoms with E-state index in [1.807, 2.05) is 32.0 Å². The Bertz CT molecular complexity index is 809. The third-order valence-electron chi connectivity index (χ3n) is 4.43. The lowest BCUT2D eigenvalue weighted by Crippen LogP contribution is -2.40. The average Bonchev–Trinajstić information content (AvgIpc) is 2.68. The van der Waals surface area contributed by atoms with Crippen molar-refractivity contribution in [3.05, 3.63) is 70.3 Å². The van der Waals surface area contributed by atoms with Crippen LogP contribution in [-0.2, 0) is 9.47 Å². The minimum absolute atomic E-state index is 0.144. The summed E-state index contributed by atoms with van der Waals surface area (Å²) in [6.07, 6.45) is -0.158. The number of aryl methyl sites for hydroxylation is 2. The van der Waals surface area contributed by atoms with Crippen LogP contribution in [0.15, 0.2) is 42.5 Å². The van der Waals surface area contributed by atoms with E-state index >= 15 is 0 Å². The van der Waals surface area contributed by atoms with Crippen molar-refractivity contribution in [3.63, 3.8) is 0 Å². The number of hydrogen-bond acceptors (Lipinski definition) is 4. The van der Waals surface area contributed by atoms with Crippen LogP contribution in [0.5, 0.6) is 0 Å². The van der Waals surface area contributed by atoms with Crippen LogP contribution >= 0.6 is 0 Å². The van der Waals surface area contributed by atoms with E-state index < -0.39 is 0 Å². The summed E-state index contributed by atoms with van der Waals surface area (Å²) in [7, 11) is 0. The summed E-state index contributed by atoms with van der Waals surface area (Å²) in [5.74, 6) is -0.428. The first-order valence-electron chi connectivity index (χ1n) is 8.75. The average molecular weight is 353 g/mol.